The van der Waals surface area contributed by atoms with Gasteiger partial charge in [-0.15, -0.1) is 35.3 Å². The summed E-state index contributed by atoms with van der Waals surface area (Å²) in [6.07, 6.45) is 8.75. The monoisotopic (exact) mass is 272 g/mol. The molecular weight excluding hydrogens is 256 g/mol. The number of aryl methyl sites for hydroxylation is 1. The maximum Gasteiger partial charge on any atom is 0.120 e. The fourth-order valence-electron chi connectivity index (χ4n) is 1.51. The molecule has 0 atom stereocenters. The van der Waals surface area contributed by atoms with Crippen molar-refractivity contribution in [2.75, 3.05) is 18.8 Å². The van der Waals surface area contributed by atoms with Crippen molar-refractivity contribution in [3.05, 3.63) is 17.7 Å². The molecule has 0 unspecified atom stereocenters. The minimum absolute atomic E-state index is 0.611. The summed E-state index contributed by atoms with van der Waals surface area (Å²) in [6, 6.07) is 4.42. The van der Waals surface area contributed by atoms with E-state index in [4.69, 9.17) is 0 Å². The fraction of sp³-hybridized carbons (Fsp3) is 0.417. The average Bonchev–Trinajstić information content (AvgIpc) is 2.34. The first-order valence-electron chi connectivity index (χ1n) is 4.99. The molecular formula is C12H16OS3. The van der Waals surface area contributed by atoms with Gasteiger partial charge in [-0.2, -0.15) is 0 Å². The van der Waals surface area contributed by atoms with E-state index in [0.717, 1.165) is 12.7 Å². The first-order chi connectivity index (χ1) is 7.76. The Morgan fingerprint density at radius 2 is 1.62 bits per heavy atom. The molecule has 88 valence electrons. The Kier molecular flexibility index (Phi) is 6.39. The molecule has 0 amide bonds. The van der Waals surface area contributed by atoms with Crippen LogP contribution in [0.25, 0.3) is 0 Å². The number of benzene rings is 1. The zero-order valence-electron chi connectivity index (χ0n) is 9.78. The van der Waals surface area contributed by atoms with E-state index in [9.17, 15) is 4.79 Å². The summed E-state index contributed by atoms with van der Waals surface area (Å²) in [7, 11) is 0. The van der Waals surface area contributed by atoms with E-state index in [0.29, 0.717) is 6.42 Å². The molecule has 0 aliphatic heterocycles. The zero-order valence-corrected chi connectivity index (χ0v) is 12.2. The second-order valence-corrected chi connectivity index (χ2v) is 5.75. The Bertz CT molecular complexity index is 338. The van der Waals surface area contributed by atoms with E-state index < -0.39 is 0 Å². The number of rotatable bonds is 6. The maximum absolute atomic E-state index is 10.4. The largest absolute Gasteiger partial charge is 0.303 e. The summed E-state index contributed by atoms with van der Waals surface area (Å²) in [4.78, 5) is 14.4. The third-order valence-corrected chi connectivity index (χ3v) is 4.91. The molecule has 1 aromatic rings. The molecule has 0 aliphatic carbocycles. The molecule has 0 saturated carbocycles. The molecule has 1 nitrogen and oxygen atoms in total. The Labute approximate surface area is 110 Å². The quantitative estimate of drug-likeness (QED) is 0.575. The molecule has 0 radical (unpaired) electrons. The van der Waals surface area contributed by atoms with Gasteiger partial charge in [0, 0.05) is 21.1 Å². The highest BCUT2D eigenvalue weighted by atomic mass is 32.2. The van der Waals surface area contributed by atoms with Crippen LogP contribution in [0.1, 0.15) is 12.0 Å². The van der Waals surface area contributed by atoms with E-state index in [2.05, 4.69) is 30.9 Å². The molecule has 0 aromatic heterocycles. The van der Waals surface area contributed by atoms with Crippen LogP contribution in [0.15, 0.2) is 26.8 Å². The second kappa shape index (κ2) is 7.30. The predicted molar refractivity (Wildman–Crippen MR) is 76.2 cm³/mol. The lowest BCUT2D eigenvalue weighted by atomic mass is 10.1. The predicted octanol–water partition coefficient (Wildman–Crippen LogP) is 3.98. The van der Waals surface area contributed by atoms with Crippen molar-refractivity contribution in [3.8, 4) is 0 Å². The van der Waals surface area contributed by atoms with E-state index in [1.165, 1.54) is 20.2 Å². The van der Waals surface area contributed by atoms with Crippen molar-refractivity contribution in [3.63, 3.8) is 0 Å². The first kappa shape index (κ1) is 14.0. The number of aldehydes is 1. The number of carbonyl (C=O) groups is 1. The zero-order chi connectivity index (χ0) is 12.0. The smallest absolute Gasteiger partial charge is 0.120 e. The van der Waals surface area contributed by atoms with Gasteiger partial charge in [0.05, 0.1) is 0 Å². The molecule has 0 N–H and O–H groups in total. The normalized spacial score (nSPS) is 10.4. The van der Waals surface area contributed by atoms with Gasteiger partial charge in [-0.05, 0) is 42.9 Å². The molecule has 16 heavy (non-hydrogen) atoms. The standard InChI is InChI=1S/C12H16OS3/c1-14-10-7-9(5-4-6-13)8-11(15-2)12(10)16-3/h6-8H,4-5H2,1-3H3. The van der Waals surface area contributed by atoms with Crippen molar-refractivity contribution in [2.45, 2.75) is 27.5 Å². The van der Waals surface area contributed by atoms with Crippen LogP contribution in [0.3, 0.4) is 0 Å². The molecule has 0 spiro atoms. The molecule has 0 heterocycles. The minimum Gasteiger partial charge on any atom is -0.303 e. The van der Waals surface area contributed by atoms with Crippen LogP contribution < -0.4 is 0 Å². The van der Waals surface area contributed by atoms with Crippen LogP contribution in [0.2, 0.25) is 0 Å². The molecule has 4 heteroatoms. The van der Waals surface area contributed by atoms with Gasteiger partial charge in [-0.3, -0.25) is 0 Å². The maximum atomic E-state index is 10.4. The molecule has 0 fully saturated rings. The number of thioether (sulfide) groups is 3. The summed E-state index contributed by atoms with van der Waals surface area (Å²) in [5.74, 6) is 0. The fourth-order valence-corrected chi connectivity index (χ4v) is 4.22. The SMILES string of the molecule is CSc1cc(CCC=O)cc(SC)c1SC. The molecule has 0 saturated heterocycles. The van der Waals surface area contributed by atoms with Crippen molar-refractivity contribution >= 4 is 41.6 Å². The lowest BCUT2D eigenvalue weighted by Gasteiger charge is -2.12. The molecule has 1 aromatic carbocycles. The van der Waals surface area contributed by atoms with Gasteiger partial charge >= 0.3 is 0 Å². The molecule has 0 aliphatic rings. The van der Waals surface area contributed by atoms with Gasteiger partial charge in [0.15, 0.2) is 0 Å². The van der Waals surface area contributed by atoms with E-state index in [-0.39, 0.29) is 0 Å². The number of hydrogen-bond donors (Lipinski definition) is 0. The van der Waals surface area contributed by atoms with Crippen LogP contribution in [0.5, 0.6) is 0 Å². The van der Waals surface area contributed by atoms with Crippen LogP contribution in [-0.4, -0.2) is 25.1 Å². The Hall–Kier alpha value is -0.0600. The average molecular weight is 272 g/mol. The van der Waals surface area contributed by atoms with Crippen molar-refractivity contribution in [2.24, 2.45) is 0 Å². The Morgan fingerprint density at radius 1 is 1.06 bits per heavy atom. The van der Waals surface area contributed by atoms with E-state index in [1.54, 1.807) is 35.3 Å². The van der Waals surface area contributed by atoms with Crippen LogP contribution in [-0.2, 0) is 11.2 Å². The van der Waals surface area contributed by atoms with E-state index in [1.807, 2.05) is 0 Å². The van der Waals surface area contributed by atoms with Crippen molar-refractivity contribution in [1.82, 2.24) is 0 Å². The molecule has 0 bridgehead atoms. The highest BCUT2D eigenvalue weighted by Crippen LogP contribution is 2.37. The van der Waals surface area contributed by atoms with Gasteiger partial charge in [-0.1, -0.05) is 0 Å². The highest BCUT2D eigenvalue weighted by molar-refractivity contribution is 8.03. The first-order valence-corrected chi connectivity index (χ1v) is 8.66. The van der Waals surface area contributed by atoms with Crippen LogP contribution >= 0.6 is 35.3 Å². The van der Waals surface area contributed by atoms with Crippen LogP contribution in [0, 0.1) is 0 Å². The summed E-state index contributed by atoms with van der Waals surface area (Å²) >= 11 is 5.34. The van der Waals surface area contributed by atoms with Gasteiger partial charge in [0.25, 0.3) is 0 Å². The summed E-state index contributed by atoms with van der Waals surface area (Å²) in [6.45, 7) is 0. The topological polar surface area (TPSA) is 17.1 Å². The third-order valence-electron chi connectivity index (χ3n) is 2.28. The summed E-state index contributed by atoms with van der Waals surface area (Å²) < 4.78 is 0. The van der Waals surface area contributed by atoms with Crippen LogP contribution in [0.4, 0.5) is 0 Å². The van der Waals surface area contributed by atoms with Gasteiger partial charge in [-0.25, -0.2) is 0 Å². The Balaban J connectivity index is 3.09. The number of carbonyl (C=O) groups excluding carboxylic acids is 1. The van der Waals surface area contributed by atoms with Gasteiger partial charge in [0.1, 0.15) is 6.29 Å². The van der Waals surface area contributed by atoms with Gasteiger partial charge < -0.3 is 4.79 Å². The van der Waals surface area contributed by atoms with E-state index >= 15 is 0 Å². The minimum atomic E-state index is 0.611. The second-order valence-electron chi connectivity index (χ2n) is 3.24. The summed E-state index contributed by atoms with van der Waals surface area (Å²) in [5, 5.41) is 0. The lowest BCUT2D eigenvalue weighted by molar-refractivity contribution is -0.107. The number of hydrogen-bond acceptors (Lipinski definition) is 4. The Morgan fingerprint density at radius 3 is 2.00 bits per heavy atom. The van der Waals surface area contributed by atoms with Gasteiger partial charge in [0.2, 0.25) is 0 Å². The van der Waals surface area contributed by atoms with Crippen molar-refractivity contribution in [1.29, 1.82) is 0 Å². The molecule has 1 rings (SSSR count). The summed E-state index contributed by atoms with van der Waals surface area (Å²) in [5.41, 5.74) is 1.26. The lowest BCUT2D eigenvalue weighted by Crippen LogP contribution is -1.91. The third kappa shape index (κ3) is 3.47. The highest BCUT2D eigenvalue weighted by Gasteiger charge is 2.09. The van der Waals surface area contributed by atoms with Crippen molar-refractivity contribution < 1.29 is 4.79 Å².